The van der Waals surface area contributed by atoms with Gasteiger partial charge in [0.2, 0.25) is 0 Å². The van der Waals surface area contributed by atoms with E-state index < -0.39 is 0 Å². The average molecular weight is 229 g/mol. The molecule has 16 heavy (non-hydrogen) atoms. The Kier molecular flexibility index (Phi) is 6.32. The van der Waals surface area contributed by atoms with Crippen LogP contribution in [0.25, 0.3) is 0 Å². The summed E-state index contributed by atoms with van der Waals surface area (Å²) in [6.07, 6.45) is 6.07. The minimum absolute atomic E-state index is 0.0277. The standard InChI is InChI=1S/C13H27NO2/c1-4-10-14-12(11-15-3)13(16-5-2)8-6-7-9-13/h12,14H,4-11H2,1-3H3. The molecule has 1 unspecified atom stereocenters. The molecule has 0 aromatic heterocycles. The maximum atomic E-state index is 6.06. The Bertz CT molecular complexity index is 179. The molecule has 1 atom stereocenters. The first-order valence-corrected chi connectivity index (χ1v) is 6.65. The van der Waals surface area contributed by atoms with Crippen molar-refractivity contribution >= 4 is 0 Å². The second-order valence-electron chi connectivity index (χ2n) is 4.67. The molecule has 1 fully saturated rings. The topological polar surface area (TPSA) is 30.5 Å². The molecule has 0 bridgehead atoms. The average Bonchev–Trinajstić information content (AvgIpc) is 2.74. The minimum Gasteiger partial charge on any atom is -0.383 e. The van der Waals surface area contributed by atoms with Crippen molar-refractivity contribution in [3.05, 3.63) is 0 Å². The van der Waals surface area contributed by atoms with E-state index in [0.29, 0.717) is 6.04 Å². The fourth-order valence-corrected chi connectivity index (χ4v) is 2.74. The van der Waals surface area contributed by atoms with E-state index in [-0.39, 0.29) is 5.60 Å². The number of ether oxygens (including phenoxy) is 2. The molecular weight excluding hydrogens is 202 g/mol. The van der Waals surface area contributed by atoms with Gasteiger partial charge >= 0.3 is 0 Å². The van der Waals surface area contributed by atoms with E-state index >= 15 is 0 Å². The lowest BCUT2D eigenvalue weighted by Gasteiger charge is -2.37. The summed E-state index contributed by atoms with van der Waals surface area (Å²) in [5.41, 5.74) is 0.0277. The molecule has 3 heteroatoms. The third-order valence-electron chi connectivity index (χ3n) is 3.49. The Morgan fingerprint density at radius 3 is 2.44 bits per heavy atom. The molecular formula is C13H27NO2. The van der Waals surface area contributed by atoms with E-state index in [1.165, 1.54) is 25.7 Å². The second-order valence-corrected chi connectivity index (χ2v) is 4.67. The molecule has 0 spiro atoms. The van der Waals surface area contributed by atoms with Crippen molar-refractivity contribution in [3.63, 3.8) is 0 Å². The van der Waals surface area contributed by atoms with Crippen LogP contribution in [0.2, 0.25) is 0 Å². The van der Waals surface area contributed by atoms with Crippen LogP contribution in [-0.4, -0.2) is 38.5 Å². The molecule has 1 saturated carbocycles. The van der Waals surface area contributed by atoms with Gasteiger partial charge in [-0.3, -0.25) is 0 Å². The third-order valence-corrected chi connectivity index (χ3v) is 3.49. The molecule has 0 aliphatic heterocycles. The summed E-state index contributed by atoms with van der Waals surface area (Å²) in [5.74, 6) is 0. The molecule has 0 heterocycles. The van der Waals surface area contributed by atoms with E-state index in [1.54, 1.807) is 7.11 Å². The van der Waals surface area contributed by atoms with Crippen LogP contribution in [0, 0.1) is 0 Å². The highest BCUT2D eigenvalue weighted by atomic mass is 16.5. The number of methoxy groups -OCH3 is 1. The lowest BCUT2D eigenvalue weighted by Crippen LogP contribution is -2.53. The molecule has 3 nitrogen and oxygen atoms in total. The van der Waals surface area contributed by atoms with Gasteiger partial charge in [0, 0.05) is 13.7 Å². The summed E-state index contributed by atoms with van der Waals surface area (Å²) in [6, 6.07) is 0.347. The van der Waals surface area contributed by atoms with Crippen molar-refractivity contribution in [2.75, 3.05) is 26.9 Å². The van der Waals surface area contributed by atoms with Gasteiger partial charge in [0.05, 0.1) is 18.2 Å². The van der Waals surface area contributed by atoms with Gasteiger partial charge in [-0.15, -0.1) is 0 Å². The number of nitrogens with one attached hydrogen (secondary N) is 1. The van der Waals surface area contributed by atoms with Gasteiger partial charge in [-0.2, -0.15) is 0 Å². The lowest BCUT2D eigenvalue weighted by atomic mass is 9.92. The molecule has 0 aromatic carbocycles. The van der Waals surface area contributed by atoms with E-state index in [9.17, 15) is 0 Å². The van der Waals surface area contributed by atoms with Crippen LogP contribution >= 0.6 is 0 Å². The lowest BCUT2D eigenvalue weighted by molar-refractivity contribution is -0.0763. The van der Waals surface area contributed by atoms with Gasteiger partial charge in [-0.25, -0.2) is 0 Å². The van der Waals surface area contributed by atoms with Crippen molar-refractivity contribution < 1.29 is 9.47 Å². The number of hydrogen-bond acceptors (Lipinski definition) is 3. The zero-order valence-electron chi connectivity index (χ0n) is 11.1. The van der Waals surface area contributed by atoms with Gasteiger partial charge in [-0.1, -0.05) is 19.8 Å². The van der Waals surface area contributed by atoms with Crippen LogP contribution < -0.4 is 5.32 Å². The maximum absolute atomic E-state index is 6.06. The fourth-order valence-electron chi connectivity index (χ4n) is 2.74. The van der Waals surface area contributed by atoms with Crippen molar-refractivity contribution in [1.82, 2.24) is 5.32 Å². The molecule has 0 radical (unpaired) electrons. The first-order valence-electron chi connectivity index (χ1n) is 6.65. The zero-order chi connectivity index (χ0) is 11.9. The first kappa shape index (κ1) is 13.9. The highest BCUT2D eigenvalue weighted by molar-refractivity contribution is 4.97. The Morgan fingerprint density at radius 2 is 1.94 bits per heavy atom. The largest absolute Gasteiger partial charge is 0.383 e. The third kappa shape index (κ3) is 3.44. The highest BCUT2D eigenvalue weighted by Gasteiger charge is 2.41. The van der Waals surface area contributed by atoms with E-state index in [0.717, 1.165) is 26.2 Å². The molecule has 1 aliphatic carbocycles. The van der Waals surface area contributed by atoms with Crippen molar-refractivity contribution in [1.29, 1.82) is 0 Å². The Balaban J connectivity index is 2.62. The summed E-state index contributed by atoms with van der Waals surface area (Å²) < 4.78 is 11.4. The SMILES string of the molecule is CCCNC(COC)C1(OCC)CCCC1. The zero-order valence-corrected chi connectivity index (χ0v) is 11.1. The van der Waals surface area contributed by atoms with Gasteiger partial charge in [-0.05, 0) is 32.7 Å². The Morgan fingerprint density at radius 1 is 1.25 bits per heavy atom. The van der Waals surface area contributed by atoms with Crippen LogP contribution in [-0.2, 0) is 9.47 Å². The number of rotatable bonds is 8. The van der Waals surface area contributed by atoms with Crippen molar-refractivity contribution in [2.24, 2.45) is 0 Å². The van der Waals surface area contributed by atoms with E-state index in [2.05, 4.69) is 19.2 Å². The van der Waals surface area contributed by atoms with Crippen LogP contribution in [0.15, 0.2) is 0 Å². The van der Waals surface area contributed by atoms with Crippen LogP contribution in [0.5, 0.6) is 0 Å². The summed E-state index contributed by atoms with van der Waals surface area (Å²) in [5, 5.41) is 3.59. The summed E-state index contributed by atoms with van der Waals surface area (Å²) in [6.45, 7) is 6.87. The predicted molar refractivity (Wildman–Crippen MR) is 66.8 cm³/mol. The van der Waals surface area contributed by atoms with Gasteiger partial charge in [0.25, 0.3) is 0 Å². The summed E-state index contributed by atoms with van der Waals surface area (Å²) in [7, 11) is 1.77. The summed E-state index contributed by atoms with van der Waals surface area (Å²) >= 11 is 0. The Hall–Kier alpha value is -0.120. The van der Waals surface area contributed by atoms with Gasteiger partial charge in [0.1, 0.15) is 0 Å². The molecule has 0 saturated heterocycles. The van der Waals surface area contributed by atoms with Crippen molar-refractivity contribution in [2.45, 2.75) is 57.6 Å². The first-order chi connectivity index (χ1) is 7.79. The van der Waals surface area contributed by atoms with Crippen LogP contribution in [0.1, 0.15) is 46.0 Å². The van der Waals surface area contributed by atoms with Crippen LogP contribution in [0.3, 0.4) is 0 Å². The highest BCUT2D eigenvalue weighted by Crippen LogP contribution is 2.36. The normalized spacial score (nSPS) is 21.2. The Labute approximate surface area is 99.9 Å². The molecule has 1 N–H and O–H groups in total. The quantitative estimate of drug-likeness (QED) is 0.693. The monoisotopic (exact) mass is 229 g/mol. The predicted octanol–water partition coefficient (Wildman–Crippen LogP) is 2.35. The maximum Gasteiger partial charge on any atom is 0.0857 e. The fraction of sp³-hybridized carbons (Fsp3) is 1.00. The van der Waals surface area contributed by atoms with Gasteiger partial charge in [0.15, 0.2) is 0 Å². The molecule has 0 amide bonds. The van der Waals surface area contributed by atoms with Gasteiger partial charge < -0.3 is 14.8 Å². The summed E-state index contributed by atoms with van der Waals surface area (Å²) in [4.78, 5) is 0. The molecule has 1 aliphatic rings. The van der Waals surface area contributed by atoms with E-state index in [4.69, 9.17) is 9.47 Å². The molecule has 1 rings (SSSR count). The smallest absolute Gasteiger partial charge is 0.0857 e. The van der Waals surface area contributed by atoms with E-state index in [1.807, 2.05) is 0 Å². The van der Waals surface area contributed by atoms with Crippen LogP contribution in [0.4, 0.5) is 0 Å². The minimum atomic E-state index is 0.0277. The van der Waals surface area contributed by atoms with Crippen molar-refractivity contribution in [3.8, 4) is 0 Å². The number of hydrogen-bond donors (Lipinski definition) is 1. The molecule has 96 valence electrons. The molecule has 0 aromatic rings. The second kappa shape index (κ2) is 7.25.